The fourth-order valence-corrected chi connectivity index (χ4v) is 2.32. The number of thioether (sulfide) groups is 1. The first kappa shape index (κ1) is 14.3. The summed E-state index contributed by atoms with van der Waals surface area (Å²) in [5.41, 5.74) is 5.46. The van der Waals surface area contributed by atoms with Gasteiger partial charge in [0.1, 0.15) is 0 Å². The molecule has 9 heteroatoms. The maximum absolute atomic E-state index is 13.0. The Kier molecular flexibility index (Phi) is 4.18. The van der Waals surface area contributed by atoms with E-state index in [2.05, 4.69) is 9.97 Å². The van der Waals surface area contributed by atoms with Crippen molar-refractivity contribution in [3.63, 3.8) is 0 Å². The van der Waals surface area contributed by atoms with Gasteiger partial charge in [-0.25, -0.2) is 18.6 Å². The van der Waals surface area contributed by atoms with Crippen LogP contribution in [0.3, 0.4) is 0 Å². The van der Waals surface area contributed by atoms with Gasteiger partial charge >= 0.3 is 6.03 Å². The minimum atomic E-state index is -0.971. The average molecular weight is 300 g/mol. The van der Waals surface area contributed by atoms with Gasteiger partial charge in [0.15, 0.2) is 16.8 Å². The van der Waals surface area contributed by atoms with Crippen LogP contribution in [0.25, 0.3) is 11.0 Å². The van der Waals surface area contributed by atoms with Crippen LogP contribution in [0.4, 0.5) is 13.6 Å². The van der Waals surface area contributed by atoms with Gasteiger partial charge in [-0.05, 0) is 0 Å². The number of urea groups is 1. The van der Waals surface area contributed by atoms with Crippen molar-refractivity contribution in [2.75, 3.05) is 5.75 Å². The molecule has 1 aromatic heterocycles. The van der Waals surface area contributed by atoms with E-state index >= 15 is 0 Å². The van der Waals surface area contributed by atoms with Crippen LogP contribution in [0.5, 0.6) is 0 Å². The number of nitrogens with two attached hydrogens (primary N) is 1. The summed E-state index contributed by atoms with van der Waals surface area (Å²) in [5, 5.41) is 2.36. The van der Waals surface area contributed by atoms with Gasteiger partial charge in [-0.1, -0.05) is 11.8 Å². The third-order valence-electron chi connectivity index (χ3n) is 2.33. The number of benzene rings is 1. The predicted molar refractivity (Wildman–Crippen MR) is 69.1 cm³/mol. The second-order valence-corrected chi connectivity index (χ2v) is 4.92. The monoisotopic (exact) mass is 300 g/mol. The highest BCUT2D eigenvalue weighted by Gasteiger charge is 2.10. The van der Waals surface area contributed by atoms with Gasteiger partial charge in [0.05, 0.1) is 11.0 Å². The molecule has 2 rings (SSSR count). The summed E-state index contributed by atoms with van der Waals surface area (Å²) in [7, 11) is 0. The van der Waals surface area contributed by atoms with Crippen molar-refractivity contribution in [1.29, 1.82) is 0 Å². The van der Waals surface area contributed by atoms with Crippen LogP contribution in [0.2, 0.25) is 0 Å². The molecule has 1 aromatic carbocycles. The molecule has 0 saturated carbocycles. The molecule has 20 heavy (non-hydrogen) atoms. The van der Waals surface area contributed by atoms with E-state index in [1.165, 1.54) is 11.8 Å². The van der Waals surface area contributed by atoms with E-state index in [4.69, 9.17) is 5.73 Å². The number of nitrogens with zero attached hydrogens (tertiary/aromatic N) is 1. The second-order valence-electron chi connectivity index (χ2n) is 3.84. The summed E-state index contributed by atoms with van der Waals surface area (Å²) >= 11 is 1.19. The highest BCUT2D eigenvalue weighted by molar-refractivity contribution is 7.99. The molecule has 106 valence electrons. The maximum Gasteiger partial charge on any atom is 0.318 e. The highest BCUT2D eigenvalue weighted by Crippen LogP contribution is 2.22. The molecule has 0 saturated heterocycles. The highest BCUT2D eigenvalue weighted by atomic mass is 32.2. The van der Waals surface area contributed by atoms with E-state index in [9.17, 15) is 18.4 Å². The van der Waals surface area contributed by atoms with Crippen LogP contribution in [-0.2, 0) is 4.79 Å². The minimum absolute atomic E-state index is 0.0629. The Morgan fingerprint density at radius 3 is 2.75 bits per heavy atom. The summed E-state index contributed by atoms with van der Waals surface area (Å²) in [6.07, 6.45) is 0.0629. The van der Waals surface area contributed by atoms with Crippen molar-refractivity contribution >= 4 is 34.7 Å². The molecular weight excluding hydrogens is 290 g/mol. The van der Waals surface area contributed by atoms with E-state index in [-0.39, 0.29) is 6.42 Å². The number of amides is 3. The van der Waals surface area contributed by atoms with Crippen molar-refractivity contribution in [3.8, 4) is 0 Å². The number of H-pyrrole nitrogens is 1. The van der Waals surface area contributed by atoms with Crippen molar-refractivity contribution < 1.29 is 18.4 Å². The number of rotatable bonds is 4. The van der Waals surface area contributed by atoms with Crippen LogP contribution in [0.1, 0.15) is 6.42 Å². The molecule has 0 fully saturated rings. The van der Waals surface area contributed by atoms with Crippen molar-refractivity contribution in [2.45, 2.75) is 11.6 Å². The molecule has 0 spiro atoms. The molecule has 0 aliphatic rings. The van der Waals surface area contributed by atoms with Gasteiger partial charge in [0.2, 0.25) is 5.91 Å². The first-order valence-corrected chi connectivity index (χ1v) is 6.51. The number of carbonyl (C=O) groups is 2. The van der Waals surface area contributed by atoms with Gasteiger partial charge in [-0.15, -0.1) is 0 Å². The lowest BCUT2D eigenvalue weighted by atomic mass is 10.3. The van der Waals surface area contributed by atoms with E-state index in [1.54, 1.807) is 0 Å². The second kappa shape index (κ2) is 5.87. The standard InChI is InChI=1S/C11H10F2N4O2S/c12-5-3-7-8(4-6(5)13)16-11(15-7)20-2-1-9(18)17-10(14)19/h3-4H,1-2H2,(H,15,16)(H3,14,17,18,19). The van der Waals surface area contributed by atoms with Crippen molar-refractivity contribution in [1.82, 2.24) is 15.3 Å². The number of carbonyl (C=O) groups excluding carboxylic acids is 2. The number of nitrogens with one attached hydrogen (secondary N) is 2. The topological polar surface area (TPSA) is 101 Å². The number of imidazole rings is 1. The quantitative estimate of drug-likeness (QED) is 0.745. The number of hydrogen-bond acceptors (Lipinski definition) is 4. The van der Waals surface area contributed by atoms with Gasteiger partial charge in [-0.2, -0.15) is 0 Å². The van der Waals surface area contributed by atoms with E-state index in [0.29, 0.717) is 21.9 Å². The molecule has 0 unspecified atom stereocenters. The summed E-state index contributed by atoms with van der Waals surface area (Å²) in [6.45, 7) is 0. The number of halogens is 2. The number of primary amides is 1. The summed E-state index contributed by atoms with van der Waals surface area (Å²) in [4.78, 5) is 28.4. The van der Waals surface area contributed by atoms with Gasteiger partial charge in [0, 0.05) is 24.3 Å². The number of aromatic nitrogens is 2. The maximum atomic E-state index is 13.0. The Morgan fingerprint density at radius 1 is 1.35 bits per heavy atom. The van der Waals surface area contributed by atoms with E-state index < -0.39 is 23.6 Å². The number of aromatic amines is 1. The fraction of sp³-hybridized carbons (Fsp3) is 0.182. The molecule has 0 aliphatic heterocycles. The third-order valence-corrected chi connectivity index (χ3v) is 3.21. The molecule has 0 atom stereocenters. The van der Waals surface area contributed by atoms with Crippen LogP contribution in [0.15, 0.2) is 17.3 Å². The molecule has 6 nitrogen and oxygen atoms in total. The lowest BCUT2D eigenvalue weighted by Crippen LogP contribution is -2.35. The molecule has 2 aromatic rings. The largest absolute Gasteiger partial charge is 0.351 e. The molecular formula is C11H10F2N4O2S. The summed E-state index contributed by atoms with van der Waals surface area (Å²) < 4.78 is 26.0. The van der Waals surface area contributed by atoms with Crippen molar-refractivity contribution in [3.05, 3.63) is 23.8 Å². The summed E-state index contributed by atoms with van der Waals surface area (Å²) in [6, 6.07) is 1.10. The Labute approximate surface area is 116 Å². The van der Waals surface area contributed by atoms with Crippen LogP contribution in [0, 0.1) is 11.6 Å². The van der Waals surface area contributed by atoms with E-state index in [0.717, 1.165) is 12.1 Å². The molecule has 3 amide bonds. The van der Waals surface area contributed by atoms with Crippen LogP contribution in [-0.4, -0.2) is 27.7 Å². The number of fused-ring (bicyclic) bond motifs is 1. The molecule has 4 N–H and O–H groups in total. The van der Waals surface area contributed by atoms with Gasteiger partial charge in [-0.3, -0.25) is 10.1 Å². The number of hydrogen-bond donors (Lipinski definition) is 3. The first-order chi connectivity index (χ1) is 9.45. The SMILES string of the molecule is NC(=O)NC(=O)CCSc1nc2cc(F)c(F)cc2[nH]1. The smallest absolute Gasteiger partial charge is 0.318 e. The van der Waals surface area contributed by atoms with Crippen LogP contribution >= 0.6 is 11.8 Å². The molecule has 0 aliphatic carbocycles. The average Bonchev–Trinajstić information content (AvgIpc) is 2.70. The van der Waals surface area contributed by atoms with Gasteiger partial charge < -0.3 is 10.7 Å². The van der Waals surface area contributed by atoms with E-state index in [1.807, 2.05) is 5.32 Å². The summed E-state index contributed by atoms with van der Waals surface area (Å²) in [5.74, 6) is -2.10. The van der Waals surface area contributed by atoms with Crippen LogP contribution < -0.4 is 11.1 Å². The number of imide groups is 1. The fourth-order valence-electron chi connectivity index (χ4n) is 1.49. The Morgan fingerprint density at radius 2 is 2.05 bits per heavy atom. The Hall–Kier alpha value is -2.16. The Balaban J connectivity index is 1.97. The minimum Gasteiger partial charge on any atom is -0.351 e. The van der Waals surface area contributed by atoms with Gasteiger partial charge in [0.25, 0.3) is 0 Å². The zero-order valence-corrected chi connectivity index (χ0v) is 10.9. The zero-order chi connectivity index (χ0) is 14.7. The lowest BCUT2D eigenvalue weighted by molar-refractivity contribution is -0.119. The molecule has 0 radical (unpaired) electrons. The first-order valence-electron chi connectivity index (χ1n) is 5.52. The van der Waals surface area contributed by atoms with Crippen molar-refractivity contribution in [2.24, 2.45) is 5.73 Å². The zero-order valence-electron chi connectivity index (χ0n) is 10.1. The third kappa shape index (κ3) is 3.44. The Bertz CT molecular complexity index is 635. The molecule has 1 heterocycles. The predicted octanol–water partition coefficient (Wildman–Crippen LogP) is 1.52. The molecule has 0 bridgehead atoms. The lowest BCUT2D eigenvalue weighted by Gasteiger charge is -1.98. The normalized spacial score (nSPS) is 10.7.